The molecule has 0 aromatic carbocycles. The van der Waals surface area contributed by atoms with Gasteiger partial charge >= 0.3 is 6.18 Å². The molecule has 0 aliphatic rings. The molecule has 0 fully saturated rings. The van der Waals surface area contributed by atoms with Gasteiger partial charge in [0.25, 0.3) is 0 Å². The van der Waals surface area contributed by atoms with Gasteiger partial charge in [-0.25, -0.2) is 0 Å². The second kappa shape index (κ2) is 5.62. The molecule has 0 aromatic rings. The van der Waals surface area contributed by atoms with Crippen molar-refractivity contribution in [3.63, 3.8) is 0 Å². The third kappa shape index (κ3) is 6.28. The second-order valence-corrected chi connectivity index (χ2v) is 4.84. The average Bonchev–Trinajstić information content (AvgIpc) is 1.94. The van der Waals surface area contributed by atoms with Crippen LogP contribution in [0.1, 0.15) is 47.0 Å². The molecule has 0 amide bonds. The van der Waals surface area contributed by atoms with Crippen LogP contribution in [0.2, 0.25) is 0 Å². The Kier molecular flexibility index (Phi) is 5.53. The molecule has 0 aromatic heterocycles. The highest BCUT2D eigenvalue weighted by Crippen LogP contribution is 2.35. The SMILES string of the molecule is CC(C)CC[C@@H](CC(C)C)C(F)(F)F. The van der Waals surface area contributed by atoms with Crippen LogP contribution in [0.3, 0.4) is 0 Å². The van der Waals surface area contributed by atoms with Crippen LogP contribution >= 0.6 is 0 Å². The Labute approximate surface area is 84.9 Å². The van der Waals surface area contributed by atoms with Crippen molar-refractivity contribution in [1.29, 1.82) is 0 Å². The van der Waals surface area contributed by atoms with Crippen LogP contribution in [0.4, 0.5) is 13.2 Å². The molecular weight excluding hydrogens is 189 g/mol. The zero-order valence-electron chi connectivity index (χ0n) is 9.49. The minimum absolute atomic E-state index is 0.119. The summed E-state index contributed by atoms with van der Waals surface area (Å²) in [6, 6.07) is 0. The van der Waals surface area contributed by atoms with Crippen molar-refractivity contribution >= 4 is 0 Å². The van der Waals surface area contributed by atoms with Crippen LogP contribution in [-0.2, 0) is 0 Å². The number of halogens is 3. The number of hydrogen-bond acceptors (Lipinski definition) is 0. The Morgan fingerprint density at radius 3 is 1.64 bits per heavy atom. The summed E-state index contributed by atoms with van der Waals surface area (Å²) in [5, 5.41) is 0. The summed E-state index contributed by atoms with van der Waals surface area (Å²) in [7, 11) is 0. The fourth-order valence-electron chi connectivity index (χ4n) is 1.52. The first-order valence-corrected chi connectivity index (χ1v) is 5.30. The van der Waals surface area contributed by atoms with Gasteiger partial charge in [-0.2, -0.15) is 13.2 Å². The van der Waals surface area contributed by atoms with Crippen molar-refractivity contribution in [3.8, 4) is 0 Å². The standard InChI is InChI=1S/C11H21F3/c1-8(2)5-6-10(7-9(3)4)11(12,13)14/h8-10H,5-7H2,1-4H3/t10-/m0/s1. The van der Waals surface area contributed by atoms with Gasteiger partial charge in [-0.3, -0.25) is 0 Å². The molecule has 0 radical (unpaired) electrons. The lowest BCUT2D eigenvalue weighted by Crippen LogP contribution is -2.24. The molecule has 0 heterocycles. The molecule has 86 valence electrons. The van der Waals surface area contributed by atoms with Crippen molar-refractivity contribution in [2.75, 3.05) is 0 Å². The Morgan fingerprint density at radius 1 is 0.857 bits per heavy atom. The summed E-state index contributed by atoms with van der Waals surface area (Å²) in [6.07, 6.45) is -2.81. The fraction of sp³-hybridized carbons (Fsp3) is 1.00. The normalized spacial score (nSPS) is 15.2. The predicted molar refractivity (Wildman–Crippen MR) is 53.1 cm³/mol. The molecule has 14 heavy (non-hydrogen) atoms. The maximum atomic E-state index is 12.5. The first-order valence-electron chi connectivity index (χ1n) is 5.30. The molecule has 0 saturated heterocycles. The number of rotatable bonds is 5. The van der Waals surface area contributed by atoms with Crippen LogP contribution < -0.4 is 0 Å². The van der Waals surface area contributed by atoms with Gasteiger partial charge in [0.05, 0.1) is 5.92 Å². The summed E-state index contributed by atoms with van der Waals surface area (Å²) in [6.45, 7) is 7.61. The van der Waals surface area contributed by atoms with Gasteiger partial charge in [-0.05, 0) is 24.7 Å². The Balaban J connectivity index is 4.12. The van der Waals surface area contributed by atoms with E-state index in [9.17, 15) is 13.2 Å². The van der Waals surface area contributed by atoms with E-state index in [1.807, 2.05) is 27.7 Å². The van der Waals surface area contributed by atoms with Crippen molar-refractivity contribution in [1.82, 2.24) is 0 Å². The highest BCUT2D eigenvalue weighted by atomic mass is 19.4. The van der Waals surface area contributed by atoms with E-state index in [2.05, 4.69) is 0 Å². The molecule has 0 aliphatic heterocycles. The molecule has 0 saturated carbocycles. The van der Waals surface area contributed by atoms with Crippen LogP contribution in [0.25, 0.3) is 0 Å². The first-order chi connectivity index (χ1) is 6.23. The third-order valence-corrected chi connectivity index (χ3v) is 2.31. The van der Waals surface area contributed by atoms with Crippen LogP contribution in [0.5, 0.6) is 0 Å². The Bertz CT molecular complexity index is 147. The van der Waals surface area contributed by atoms with Crippen molar-refractivity contribution < 1.29 is 13.2 Å². The minimum atomic E-state index is -4.01. The number of hydrogen-bond donors (Lipinski definition) is 0. The Morgan fingerprint density at radius 2 is 1.36 bits per heavy atom. The highest BCUT2D eigenvalue weighted by molar-refractivity contribution is 4.70. The third-order valence-electron chi connectivity index (χ3n) is 2.31. The lowest BCUT2D eigenvalue weighted by Gasteiger charge is -2.22. The van der Waals surface area contributed by atoms with Gasteiger partial charge in [-0.1, -0.05) is 34.1 Å². The molecule has 0 rings (SSSR count). The largest absolute Gasteiger partial charge is 0.391 e. The van der Waals surface area contributed by atoms with E-state index >= 15 is 0 Å². The summed E-state index contributed by atoms with van der Waals surface area (Å²) in [5.41, 5.74) is 0. The molecular formula is C11H21F3. The summed E-state index contributed by atoms with van der Waals surface area (Å²) >= 11 is 0. The van der Waals surface area contributed by atoms with Crippen LogP contribution in [-0.4, -0.2) is 6.18 Å². The smallest absolute Gasteiger partial charge is 0.171 e. The van der Waals surface area contributed by atoms with Gasteiger partial charge in [0.1, 0.15) is 0 Å². The maximum absolute atomic E-state index is 12.5. The molecule has 0 nitrogen and oxygen atoms in total. The zero-order chi connectivity index (χ0) is 11.4. The van der Waals surface area contributed by atoms with Crippen molar-refractivity contribution in [2.45, 2.75) is 53.1 Å². The molecule has 1 atom stereocenters. The second-order valence-electron chi connectivity index (χ2n) is 4.84. The quantitative estimate of drug-likeness (QED) is 0.619. The predicted octanol–water partition coefficient (Wildman–Crippen LogP) is 4.65. The molecule has 0 bridgehead atoms. The van der Waals surface area contributed by atoms with Crippen molar-refractivity contribution in [2.24, 2.45) is 17.8 Å². The summed E-state index contributed by atoms with van der Waals surface area (Å²) < 4.78 is 37.6. The molecule has 0 spiro atoms. The molecule has 0 N–H and O–H groups in total. The van der Waals surface area contributed by atoms with Crippen molar-refractivity contribution in [3.05, 3.63) is 0 Å². The molecule has 0 unspecified atom stereocenters. The zero-order valence-corrected chi connectivity index (χ0v) is 9.49. The van der Waals surface area contributed by atoms with E-state index in [0.29, 0.717) is 12.3 Å². The van der Waals surface area contributed by atoms with E-state index in [1.54, 1.807) is 0 Å². The van der Waals surface area contributed by atoms with E-state index in [-0.39, 0.29) is 18.8 Å². The molecule has 3 heteroatoms. The van der Waals surface area contributed by atoms with E-state index < -0.39 is 12.1 Å². The van der Waals surface area contributed by atoms with E-state index in [0.717, 1.165) is 0 Å². The van der Waals surface area contributed by atoms with E-state index in [1.165, 1.54) is 0 Å². The maximum Gasteiger partial charge on any atom is 0.391 e. The van der Waals surface area contributed by atoms with Gasteiger partial charge in [0, 0.05) is 0 Å². The number of alkyl halides is 3. The summed E-state index contributed by atoms with van der Waals surface area (Å²) in [4.78, 5) is 0. The monoisotopic (exact) mass is 210 g/mol. The van der Waals surface area contributed by atoms with E-state index in [4.69, 9.17) is 0 Å². The Hall–Kier alpha value is -0.210. The summed E-state index contributed by atoms with van der Waals surface area (Å²) in [5.74, 6) is -0.634. The van der Waals surface area contributed by atoms with Gasteiger partial charge < -0.3 is 0 Å². The average molecular weight is 210 g/mol. The topological polar surface area (TPSA) is 0 Å². The minimum Gasteiger partial charge on any atom is -0.171 e. The van der Waals surface area contributed by atoms with Gasteiger partial charge in [0.2, 0.25) is 0 Å². The highest BCUT2D eigenvalue weighted by Gasteiger charge is 2.38. The van der Waals surface area contributed by atoms with Gasteiger partial charge in [0.15, 0.2) is 0 Å². The lowest BCUT2D eigenvalue weighted by molar-refractivity contribution is -0.181. The fourth-order valence-corrected chi connectivity index (χ4v) is 1.52. The van der Waals surface area contributed by atoms with Gasteiger partial charge in [-0.15, -0.1) is 0 Å². The molecule has 0 aliphatic carbocycles. The van der Waals surface area contributed by atoms with Crippen LogP contribution in [0, 0.1) is 17.8 Å². The first kappa shape index (κ1) is 13.8. The van der Waals surface area contributed by atoms with Crippen LogP contribution in [0.15, 0.2) is 0 Å². The lowest BCUT2D eigenvalue weighted by atomic mass is 9.90.